The summed E-state index contributed by atoms with van der Waals surface area (Å²) in [4.78, 5) is 14.7. The van der Waals surface area contributed by atoms with Crippen LogP contribution in [-0.4, -0.2) is 23.9 Å². The van der Waals surface area contributed by atoms with Crippen molar-refractivity contribution in [3.8, 4) is 0 Å². The molecular formula is C20H24N2O. The largest absolute Gasteiger partial charge is 0.398 e. The predicted octanol–water partition coefficient (Wildman–Crippen LogP) is 3.67. The number of piperidine rings is 1. The molecule has 0 aromatic heterocycles. The van der Waals surface area contributed by atoms with E-state index in [4.69, 9.17) is 5.73 Å². The van der Waals surface area contributed by atoms with Crippen LogP contribution in [0.5, 0.6) is 0 Å². The molecule has 2 N–H and O–H groups in total. The fourth-order valence-corrected chi connectivity index (χ4v) is 3.34. The average Bonchev–Trinajstić information content (AvgIpc) is 2.58. The molecule has 0 unspecified atom stereocenters. The van der Waals surface area contributed by atoms with Crippen molar-refractivity contribution >= 4 is 11.6 Å². The van der Waals surface area contributed by atoms with Crippen LogP contribution in [0.25, 0.3) is 0 Å². The van der Waals surface area contributed by atoms with Gasteiger partial charge in [-0.15, -0.1) is 0 Å². The zero-order chi connectivity index (χ0) is 16.2. The first-order valence-corrected chi connectivity index (χ1v) is 8.33. The molecule has 0 spiro atoms. The summed E-state index contributed by atoms with van der Waals surface area (Å²) in [6.07, 6.45) is 3.25. The van der Waals surface area contributed by atoms with Gasteiger partial charge >= 0.3 is 0 Å². The Hall–Kier alpha value is -2.29. The number of carbonyl (C=O) groups is 1. The van der Waals surface area contributed by atoms with Gasteiger partial charge < -0.3 is 10.6 Å². The van der Waals surface area contributed by atoms with Gasteiger partial charge in [0.25, 0.3) is 5.91 Å². The van der Waals surface area contributed by atoms with Crippen LogP contribution in [-0.2, 0) is 6.42 Å². The number of benzene rings is 2. The Balaban J connectivity index is 1.60. The lowest BCUT2D eigenvalue weighted by atomic mass is 9.90. The monoisotopic (exact) mass is 308 g/mol. The lowest BCUT2D eigenvalue weighted by Gasteiger charge is -2.32. The summed E-state index contributed by atoms with van der Waals surface area (Å²) in [5.74, 6) is 0.788. The first kappa shape index (κ1) is 15.6. The van der Waals surface area contributed by atoms with Gasteiger partial charge in [-0.05, 0) is 55.4 Å². The van der Waals surface area contributed by atoms with E-state index in [9.17, 15) is 4.79 Å². The van der Waals surface area contributed by atoms with Gasteiger partial charge in [0.05, 0.1) is 0 Å². The number of likely N-dealkylation sites (tertiary alicyclic amines) is 1. The maximum atomic E-state index is 12.7. The minimum Gasteiger partial charge on any atom is -0.398 e. The van der Waals surface area contributed by atoms with Crippen LogP contribution in [0.1, 0.15) is 34.3 Å². The predicted molar refractivity (Wildman–Crippen MR) is 94.4 cm³/mol. The molecule has 2 aromatic carbocycles. The van der Waals surface area contributed by atoms with Crippen LogP contribution in [0.3, 0.4) is 0 Å². The molecular weight excluding hydrogens is 284 g/mol. The highest BCUT2D eigenvalue weighted by atomic mass is 16.2. The smallest absolute Gasteiger partial charge is 0.254 e. The van der Waals surface area contributed by atoms with Crippen molar-refractivity contribution in [3.63, 3.8) is 0 Å². The van der Waals surface area contributed by atoms with E-state index >= 15 is 0 Å². The van der Waals surface area contributed by atoms with Crippen LogP contribution in [0, 0.1) is 12.8 Å². The van der Waals surface area contributed by atoms with E-state index in [0.717, 1.165) is 43.5 Å². The number of rotatable bonds is 3. The van der Waals surface area contributed by atoms with Crippen molar-refractivity contribution in [2.24, 2.45) is 5.92 Å². The molecule has 3 nitrogen and oxygen atoms in total. The molecule has 3 heteroatoms. The van der Waals surface area contributed by atoms with Crippen LogP contribution < -0.4 is 5.73 Å². The minimum atomic E-state index is 0.118. The summed E-state index contributed by atoms with van der Waals surface area (Å²) in [5.41, 5.74) is 9.64. The summed E-state index contributed by atoms with van der Waals surface area (Å²) in [5, 5.41) is 0. The Morgan fingerprint density at radius 2 is 1.78 bits per heavy atom. The van der Waals surface area contributed by atoms with Crippen LogP contribution >= 0.6 is 0 Å². The molecule has 23 heavy (non-hydrogen) atoms. The van der Waals surface area contributed by atoms with Crippen molar-refractivity contribution in [1.29, 1.82) is 0 Å². The normalized spacial score (nSPS) is 15.6. The van der Waals surface area contributed by atoms with Crippen molar-refractivity contribution in [1.82, 2.24) is 4.90 Å². The second-order valence-electron chi connectivity index (χ2n) is 6.45. The molecule has 0 aliphatic carbocycles. The molecule has 0 radical (unpaired) electrons. The highest BCUT2D eigenvalue weighted by molar-refractivity contribution is 5.96. The Bertz CT molecular complexity index is 673. The Morgan fingerprint density at radius 3 is 2.48 bits per heavy atom. The molecule has 120 valence electrons. The second kappa shape index (κ2) is 6.86. The zero-order valence-electron chi connectivity index (χ0n) is 13.7. The molecule has 0 saturated carbocycles. The number of nitrogens with zero attached hydrogens (tertiary/aromatic N) is 1. The fraction of sp³-hybridized carbons (Fsp3) is 0.350. The molecule has 1 heterocycles. The van der Waals surface area contributed by atoms with Gasteiger partial charge in [0.15, 0.2) is 0 Å². The van der Waals surface area contributed by atoms with E-state index in [1.807, 2.05) is 30.0 Å². The molecule has 1 amide bonds. The van der Waals surface area contributed by atoms with Gasteiger partial charge in [0.1, 0.15) is 0 Å². The third kappa shape index (κ3) is 3.55. The Kier molecular flexibility index (Phi) is 4.65. The molecule has 1 aliphatic heterocycles. The summed E-state index contributed by atoms with van der Waals surface area (Å²) in [7, 11) is 0. The molecule has 2 aromatic rings. The van der Waals surface area contributed by atoms with Gasteiger partial charge in [-0.2, -0.15) is 0 Å². The number of hydrogen-bond donors (Lipinski definition) is 1. The lowest BCUT2D eigenvalue weighted by molar-refractivity contribution is 0.0690. The van der Waals surface area contributed by atoms with Gasteiger partial charge in [0, 0.05) is 24.3 Å². The number of nitrogen functional groups attached to an aromatic ring is 1. The first-order chi connectivity index (χ1) is 11.1. The van der Waals surface area contributed by atoms with E-state index in [0.29, 0.717) is 11.6 Å². The van der Waals surface area contributed by atoms with Gasteiger partial charge in [0.2, 0.25) is 0 Å². The van der Waals surface area contributed by atoms with Gasteiger partial charge in [-0.25, -0.2) is 0 Å². The summed E-state index contributed by atoms with van der Waals surface area (Å²) < 4.78 is 0. The number of amides is 1. The Labute approximate surface area is 138 Å². The fourth-order valence-electron chi connectivity index (χ4n) is 3.34. The van der Waals surface area contributed by atoms with E-state index in [2.05, 4.69) is 30.3 Å². The number of hydrogen-bond acceptors (Lipinski definition) is 2. The Morgan fingerprint density at radius 1 is 1.09 bits per heavy atom. The highest BCUT2D eigenvalue weighted by Crippen LogP contribution is 2.24. The van der Waals surface area contributed by atoms with Crippen LogP contribution in [0.4, 0.5) is 5.69 Å². The van der Waals surface area contributed by atoms with E-state index in [1.54, 1.807) is 0 Å². The van der Waals surface area contributed by atoms with Crippen molar-refractivity contribution in [2.45, 2.75) is 26.2 Å². The number of anilines is 1. The number of carbonyl (C=O) groups excluding carboxylic acids is 1. The summed E-state index contributed by atoms with van der Waals surface area (Å²) >= 11 is 0. The van der Waals surface area contributed by atoms with Crippen molar-refractivity contribution < 1.29 is 4.79 Å². The maximum absolute atomic E-state index is 12.7. The zero-order valence-corrected chi connectivity index (χ0v) is 13.7. The van der Waals surface area contributed by atoms with Gasteiger partial charge in [-0.1, -0.05) is 36.4 Å². The van der Waals surface area contributed by atoms with E-state index in [1.165, 1.54) is 5.56 Å². The maximum Gasteiger partial charge on any atom is 0.254 e. The highest BCUT2D eigenvalue weighted by Gasteiger charge is 2.24. The summed E-state index contributed by atoms with van der Waals surface area (Å²) in [6.45, 7) is 3.60. The first-order valence-electron chi connectivity index (χ1n) is 8.33. The number of nitrogens with two attached hydrogens (primary N) is 1. The van der Waals surface area contributed by atoms with E-state index < -0.39 is 0 Å². The van der Waals surface area contributed by atoms with Crippen molar-refractivity contribution in [2.75, 3.05) is 18.8 Å². The summed E-state index contributed by atoms with van der Waals surface area (Å²) in [6, 6.07) is 16.2. The molecule has 3 rings (SSSR count). The topological polar surface area (TPSA) is 46.3 Å². The second-order valence-corrected chi connectivity index (χ2v) is 6.45. The quantitative estimate of drug-likeness (QED) is 0.879. The molecule has 0 atom stereocenters. The standard InChI is InChI=1S/C20H24N2O/c1-15-18(8-5-9-19(15)21)20(23)22-12-10-17(11-13-22)14-16-6-3-2-4-7-16/h2-9,17H,10-14,21H2,1H3. The van der Waals surface area contributed by atoms with E-state index in [-0.39, 0.29) is 5.91 Å². The molecule has 0 bridgehead atoms. The van der Waals surface area contributed by atoms with Gasteiger partial charge in [-0.3, -0.25) is 4.79 Å². The third-order valence-electron chi connectivity index (χ3n) is 4.88. The average molecular weight is 308 g/mol. The molecule has 1 fully saturated rings. The SMILES string of the molecule is Cc1c(N)cccc1C(=O)N1CCC(Cc2ccccc2)CC1. The lowest BCUT2D eigenvalue weighted by Crippen LogP contribution is -2.39. The minimum absolute atomic E-state index is 0.118. The molecule has 1 saturated heterocycles. The molecule has 1 aliphatic rings. The van der Waals surface area contributed by atoms with Crippen molar-refractivity contribution in [3.05, 3.63) is 65.2 Å². The van der Waals surface area contributed by atoms with Crippen LogP contribution in [0.2, 0.25) is 0 Å². The third-order valence-corrected chi connectivity index (χ3v) is 4.88. The van der Waals surface area contributed by atoms with Crippen LogP contribution in [0.15, 0.2) is 48.5 Å².